The lowest BCUT2D eigenvalue weighted by molar-refractivity contribution is -0.118. The predicted molar refractivity (Wildman–Crippen MR) is 86.4 cm³/mol. The molecule has 0 radical (unpaired) electrons. The highest BCUT2D eigenvalue weighted by Crippen LogP contribution is 2.25. The third-order valence-corrected chi connectivity index (χ3v) is 3.47. The number of carbonyl (C=O) groups excluding carboxylic acids is 1. The second-order valence-corrected chi connectivity index (χ2v) is 5.30. The van der Waals surface area contributed by atoms with Crippen LogP contribution >= 0.6 is 23.2 Å². The monoisotopic (exact) mass is 323 g/mol. The highest BCUT2D eigenvalue weighted by atomic mass is 35.5. The molecule has 0 bridgehead atoms. The lowest BCUT2D eigenvalue weighted by atomic mass is 10.2. The number of aryl methyl sites for hydroxylation is 1. The first-order valence-corrected chi connectivity index (χ1v) is 7.30. The second-order valence-electron chi connectivity index (χ2n) is 4.46. The third-order valence-electron chi connectivity index (χ3n) is 2.90. The summed E-state index contributed by atoms with van der Waals surface area (Å²) < 4.78 is 5.42. The molecule has 2 aromatic carbocycles. The predicted octanol–water partition coefficient (Wildman–Crippen LogP) is 4.57. The van der Waals surface area contributed by atoms with Crippen LogP contribution in [0, 0.1) is 0 Å². The van der Waals surface area contributed by atoms with Crippen LogP contribution in [0.3, 0.4) is 0 Å². The lowest BCUT2D eigenvalue weighted by Gasteiger charge is -2.09. The number of benzene rings is 2. The molecule has 3 nitrogen and oxygen atoms in total. The highest BCUT2D eigenvalue weighted by Gasteiger charge is 2.07. The van der Waals surface area contributed by atoms with Crippen LogP contribution < -0.4 is 10.1 Å². The van der Waals surface area contributed by atoms with Gasteiger partial charge in [-0.1, -0.05) is 42.3 Å². The van der Waals surface area contributed by atoms with Crippen LogP contribution in [0.5, 0.6) is 5.75 Å². The fourth-order valence-electron chi connectivity index (χ4n) is 1.75. The van der Waals surface area contributed by atoms with Crippen molar-refractivity contribution in [2.45, 2.75) is 13.3 Å². The summed E-state index contributed by atoms with van der Waals surface area (Å²) in [7, 11) is 0. The van der Waals surface area contributed by atoms with Gasteiger partial charge in [-0.15, -0.1) is 0 Å². The Balaban J connectivity index is 1.91. The number of rotatable bonds is 5. The zero-order valence-corrected chi connectivity index (χ0v) is 13.0. The first-order valence-electron chi connectivity index (χ1n) is 6.55. The molecule has 2 rings (SSSR count). The van der Waals surface area contributed by atoms with E-state index in [0.29, 0.717) is 21.5 Å². The normalized spacial score (nSPS) is 10.2. The minimum atomic E-state index is -0.293. The van der Waals surface area contributed by atoms with Crippen molar-refractivity contribution in [3.05, 3.63) is 58.1 Å². The van der Waals surface area contributed by atoms with E-state index in [1.165, 1.54) is 5.56 Å². The number of anilines is 1. The lowest BCUT2D eigenvalue weighted by Crippen LogP contribution is -2.20. The molecule has 0 spiro atoms. The summed E-state index contributed by atoms with van der Waals surface area (Å²) in [5, 5.41) is 3.60. The summed E-state index contributed by atoms with van der Waals surface area (Å²) in [4.78, 5) is 11.8. The smallest absolute Gasteiger partial charge is 0.262 e. The molecule has 21 heavy (non-hydrogen) atoms. The topological polar surface area (TPSA) is 38.3 Å². The Morgan fingerprint density at radius 2 is 1.86 bits per heavy atom. The van der Waals surface area contributed by atoms with E-state index < -0.39 is 0 Å². The number of hydrogen-bond donors (Lipinski definition) is 1. The first-order chi connectivity index (χ1) is 10.1. The average Bonchev–Trinajstić information content (AvgIpc) is 2.49. The van der Waals surface area contributed by atoms with E-state index in [1.807, 2.05) is 24.3 Å². The van der Waals surface area contributed by atoms with Crippen LogP contribution in [0.1, 0.15) is 12.5 Å². The average molecular weight is 324 g/mol. The van der Waals surface area contributed by atoms with Gasteiger partial charge >= 0.3 is 0 Å². The summed E-state index contributed by atoms with van der Waals surface area (Å²) in [5.41, 5.74) is 1.69. The fraction of sp³-hybridized carbons (Fsp3) is 0.188. The maximum absolute atomic E-state index is 11.8. The molecule has 0 aliphatic rings. The molecule has 110 valence electrons. The number of ether oxygens (including phenoxy) is 1. The van der Waals surface area contributed by atoms with Gasteiger partial charge in [-0.2, -0.15) is 0 Å². The van der Waals surface area contributed by atoms with Crippen molar-refractivity contribution in [3.63, 3.8) is 0 Å². The van der Waals surface area contributed by atoms with Gasteiger partial charge in [0.1, 0.15) is 5.75 Å². The third kappa shape index (κ3) is 4.66. The molecule has 0 heterocycles. The number of carbonyl (C=O) groups is 1. The van der Waals surface area contributed by atoms with E-state index in [9.17, 15) is 4.79 Å². The Morgan fingerprint density at radius 1 is 1.14 bits per heavy atom. The molecule has 0 aliphatic carbocycles. The highest BCUT2D eigenvalue weighted by molar-refractivity contribution is 6.35. The van der Waals surface area contributed by atoms with Crippen LogP contribution in [-0.2, 0) is 11.2 Å². The summed E-state index contributed by atoms with van der Waals surface area (Å²) >= 11 is 11.8. The van der Waals surface area contributed by atoms with Gasteiger partial charge in [0, 0.05) is 5.02 Å². The van der Waals surface area contributed by atoms with Gasteiger partial charge in [0.2, 0.25) is 0 Å². The fourth-order valence-corrected chi connectivity index (χ4v) is 2.09. The van der Waals surface area contributed by atoms with E-state index in [0.717, 1.165) is 6.42 Å². The van der Waals surface area contributed by atoms with Crippen molar-refractivity contribution in [1.29, 1.82) is 0 Å². The van der Waals surface area contributed by atoms with Crippen LogP contribution in [0.15, 0.2) is 42.5 Å². The van der Waals surface area contributed by atoms with Gasteiger partial charge in [0.15, 0.2) is 6.61 Å². The summed E-state index contributed by atoms with van der Waals surface area (Å²) in [6.45, 7) is 1.99. The van der Waals surface area contributed by atoms with Crippen LogP contribution in [0.25, 0.3) is 0 Å². The standard InChI is InChI=1S/C16H15Cl2NO2/c1-2-11-3-6-13(7-4-11)21-10-16(20)19-15-9-12(17)5-8-14(15)18/h3-9H,2,10H2,1H3,(H,19,20). The molecule has 0 saturated heterocycles. The molecule has 0 atom stereocenters. The van der Waals surface area contributed by atoms with E-state index in [1.54, 1.807) is 18.2 Å². The largest absolute Gasteiger partial charge is 0.484 e. The van der Waals surface area contributed by atoms with Crippen LogP contribution in [0.4, 0.5) is 5.69 Å². The quantitative estimate of drug-likeness (QED) is 0.875. The molecule has 1 N–H and O–H groups in total. The molecule has 0 fully saturated rings. The van der Waals surface area contributed by atoms with Gasteiger partial charge in [-0.3, -0.25) is 4.79 Å². The Hall–Kier alpha value is -1.71. The SMILES string of the molecule is CCc1ccc(OCC(=O)Nc2cc(Cl)ccc2Cl)cc1. The molecule has 1 amide bonds. The molecular weight excluding hydrogens is 309 g/mol. The second kappa shape index (κ2) is 7.34. The molecule has 5 heteroatoms. The van der Waals surface area contributed by atoms with Crippen molar-refractivity contribution < 1.29 is 9.53 Å². The van der Waals surface area contributed by atoms with Crippen molar-refractivity contribution in [1.82, 2.24) is 0 Å². The maximum Gasteiger partial charge on any atom is 0.262 e. The van der Waals surface area contributed by atoms with Crippen LogP contribution in [0.2, 0.25) is 10.0 Å². The molecule has 0 saturated carbocycles. The van der Waals surface area contributed by atoms with Gasteiger partial charge < -0.3 is 10.1 Å². The van der Waals surface area contributed by atoms with E-state index in [4.69, 9.17) is 27.9 Å². The van der Waals surface area contributed by atoms with Gasteiger partial charge in [0.25, 0.3) is 5.91 Å². The molecule has 0 unspecified atom stereocenters. The molecular formula is C16H15Cl2NO2. The number of hydrogen-bond acceptors (Lipinski definition) is 2. The zero-order chi connectivity index (χ0) is 15.2. The minimum absolute atomic E-state index is 0.0890. The van der Waals surface area contributed by atoms with Crippen molar-refractivity contribution in [2.24, 2.45) is 0 Å². The Bertz CT molecular complexity index is 627. The number of nitrogens with one attached hydrogen (secondary N) is 1. The number of amides is 1. The maximum atomic E-state index is 11.8. The summed E-state index contributed by atoms with van der Waals surface area (Å²) in [6, 6.07) is 12.5. The van der Waals surface area contributed by atoms with Crippen molar-refractivity contribution >= 4 is 34.8 Å². The van der Waals surface area contributed by atoms with Crippen LogP contribution in [-0.4, -0.2) is 12.5 Å². The van der Waals surface area contributed by atoms with Gasteiger partial charge in [0.05, 0.1) is 10.7 Å². The summed E-state index contributed by atoms with van der Waals surface area (Å²) in [6.07, 6.45) is 0.966. The van der Waals surface area contributed by atoms with Gasteiger partial charge in [-0.25, -0.2) is 0 Å². The Kier molecular flexibility index (Phi) is 5.48. The molecule has 2 aromatic rings. The van der Waals surface area contributed by atoms with Crippen molar-refractivity contribution in [2.75, 3.05) is 11.9 Å². The molecule has 0 aliphatic heterocycles. The zero-order valence-electron chi connectivity index (χ0n) is 11.5. The van der Waals surface area contributed by atoms with E-state index in [-0.39, 0.29) is 12.5 Å². The minimum Gasteiger partial charge on any atom is -0.484 e. The summed E-state index contributed by atoms with van der Waals surface area (Å²) in [5.74, 6) is 0.360. The van der Waals surface area contributed by atoms with Crippen molar-refractivity contribution in [3.8, 4) is 5.75 Å². The first kappa shape index (κ1) is 15.7. The molecule has 0 aromatic heterocycles. The Labute approximate surface area is 133 Å². The van der Waals surface area contributed by atoms with Gasteiger partial charge in [-0.05, 0) is 42.3 Å². The van der Waals surface area contributed by atoms with E-state index in [2.05, 4.69) is 12.2 Å². The van der Waals surface area contributed by atoms with E-state index >= 15 is 0 Å². The number of halogens is 2. The Morgan fingerprint density at radius 3 is 2.52 bits per heavy atom.